The Hall–Kier alpha value is -2.87. The number of carbonyl (C=O) groups is 1. The van der Waals surface area contributed by atoms with Crippen molar-refractivity contribution in [2.24, 2.45) is 5.73 Å². The monoisotopic (exact) mass is 391 g/mol. The number of fused-ring (bicyclic) bond motifs is 1. The summed E-state index contributed by atoms with van der Waals surface area (Å²) in [7, 11) is 0. The molecule has 0 aliphatic carbocycles. The standard InChI is InChI=1S/C18H19ClFN5O2/c1-8(2)27-16-10(6-11(19)14(20)13(16)18(22)26)7-12-24-9(3)15-17(21)23-4-5-25(12)15/h4-6,8H,7H2,1-3H3,(H2,21,23)(H2,22,26). The molecule has 0 spiro atoms. The van der Waals surface area contributed by atoms with Gasteiger partial charge in [-0.05, 0) is 26.8 Å². The number of nitrogen functional groups attached to an aromatic ring is 1. The maximum Gasteiger partial charge on any atom is 0.255 e. The molecule has 9 heteroatoms. The topological polar surface area (TPSA) is 109 Å². The first-order valence-electron chi connectivity index (χ1n) is 8.26. The van der Waals surface area contributed by atoms with E-state index in [1.807, 2.05) is 6.92 Å². The molecule has 0 atom stereocenters. The van der Waals surface area contributed by atoms with Crippen molar-refractivity contribution in [1.82, 2.24) is 14.4 Å². The first-order chi connectivity index (χ1) is 12.7. The Labute approximate surface area is 160 Å². The molecule has 0 fully saturated rings. The fourth-order valence-corrected chi connectivity index (χ4v) is 3.22. The summed E-state index contributed by atoms with van der Waals surface area (Å²) in [5.41, 5.74) is 12.8. The van der Waals surface area contributed by atoms with Crippen molar-refractivity contribution < 1.29 is 13.9 Å². The van der Waals surface area contributed by atoms with Crippen LogP contribution in [-0.4, -0.2) is 26.4 Å². The van der Waals surface area contributed by atoms with Gasteiger partial charge in [0, 0.05) is 24.4 Å². The van der Waals surface area contributed by atoms with Gasteiger partial charge in [-0.25, -0.2) is 14.4 Å². The molecular formula is C18H19ClFN5O2. The van der Waals surface area contributed by atoms with Crippen LogP contribution in [0.4, 0.5) is 10.2 Å². The molecule has 0 radical (unpaired) electrons. The maximum atomic E-state index is 14.4. The van der Waals surface area contributed by atoms with Crippen molar-refractivity contribution in [3.63, 3.8) is 0 Å². The zero-order chi connectivity index (χ0) is 19.9. The summed E-state index contributed by atoms with van der Waals surface area (Å²) in [5, 5.41) is -0.214. The Morgan fingerprint density at radius 2 is 2.15 bits per heavy atom. The molecule has 2 aromatic heterocycles. The number of hydrogen-bond acceptors (Lipinski definition) is 5. The molecule has 3 rings (SSSR count). The van der Waals surface area contributed by atoms with Gasteiger partial charge >= 0.3 is 0 Å². The molecule has 4 N–H and O–H groups in total. The second kappa shape index (κ2) is 7.03. The Morgan fingerprint density at radius 1 is 1.44 bits per heavy atom. The smallest absolute Gasteiger partial charge is 0.255 e. The van der Waals surface area contributed by atoms with Gasteiger partial charge in [0.25, 0.3) is 5.91 Å². The Morgan fingerprint density at radius 3 is 2.78 bits per heavy atom. The summed E-state index contributed by atoms with van der Waals surface area (Å²) >= 11 is 5.99. The van der Waals surface area contributed by atoms with Crippen LogP contribution in [0.3, 0.4) is 0 Å². The Balaban J connectivity index is 2.20. The number of imidazole rings is 1. The SMILES string of the molecule is Cc1nc(Cc2cc(Cl)c(F)c(C(N)=O)c2OC(C)C)n2ccnc(N)c12. The zero-order valence-electron chi connectivity index (χ0n) is 15.1. The highest BCUT2D eigenvalue weighted by Gasteiger charge is 2.25. The second-order valence-electron chi connectivity index (χ2n) is 6.39. The van der Waals surface area contributed by atoms with Gasteiger partial charge in [-0.3, -0.25) is 9.20 Å². The van der Waals surface area contributed by atoms with Crippen LogP contribution in [0.25, 0.3) is 5.52 Å². The van der Waals surface area contributed by atoms with E-state index in [0.29, 0.717) is 28.4 Å². The van der Waals surface area contributed by atoms with Crippen molar-refractivity contribution >= 4 is 28.8 Å². The number of halogens is 2. The molecule has 3 aromatic rings. The number of ether oxygens (including phenoxy) is 1. The van der Waals surface area contributed by atoms with Crippen molar-refractivity contribution in [2.45, 2.75) is 33.3 Å². The predicted octanol–water partition coefficient (Wildman–Crippen LogP) is 2.89. The molecule has 0 saturated heterocycles. The van der Waals surface area contributed by atoms with E-state index in [0.717, 1.165) is 0 Å². The largest absolute Gasteiger partial charge is 0.490 e. The van der Waals surface area contributed by atoms with Crippen LogP contribution in [0.15, 0.2) is 18.5 Å². The highest BCUT2D eigenvalue weighted by atomic mass is 35.5. The van der Waals surface area contributed by atoms with Crippen LogP contribution in [0, 0.1) is 12.7 Å². The number of anilines is 1. The summed E-state index contributed by atoms with van der Waals surface area (Å²) in [5.74, 6) is -0.827. The number of rotatable bonds is 5. The summed E-state index contributed by atoms with van der Waals surface area (Å²) < 4.78 is 21.9. The average Bonchev–Trinajstić information content (AvgIpc) is 2.88. The number of nitrogens with two attached hydrogens (primary N) is 2. The lowest BCUT2D eigenvalue weighted by atomic mass is 10.0. The van der Waals surface area contributed by atoms with Gasteiger partial charge in [-0.2, -0.15) is 0 Å². The third kappa shape index (κ3) is 3.40. The molecule has 27 heavy (non-hydrogen) atoms. The first-order valence-corrected chi connectivity index (χ1v) is 8.63. The molecule has 1 amide bonds. The van der Waals surface area contributed by atoms with Crippen molar-refractivity contribution in [1.29, 1.82) is 0 Å². The van der Waals surface area contributed by atoms with Crippen LogP contribution >= 0.6 is 11.6 Å². The normalized spacial score (nSPS) is 11.3. The van der Waals surface area contributed by atoms with Crippen molar-refractivity contribution in [3.05, 3.63) is 51.9 Å². The predicted molar refractivity (Wildman–Crippen MR) is 101 cm³/mol. The molecule has 0 saturated carbocycles. The zero-order valence-corrected chi connectivity index (χ0v) is 15.8. The van der Waals surface area contributed by atoms with Gasteiger partial charge in [0.2, 0.25) is 0 Å². The van der Waals surface area contributed by atoms with Crippen LogP contribution in [0.1, 0.15) is 41.3 Å². The third-order valence-corrected chi connectivity index (χ3v) is 4.30. The van der Waals surface area contributed by atoms with Gasteiger partial charge in [0.05, 0.1) is 16.8 Å². The summed E-state index contributed by atoms with van der Waals surface area (Å²) in [6.07, 6.45) is 3.21. The number of primary amides is 1. The minimum Gasteiger partial charge on any atom is -0.490 e. The lowest BCUT2D eigenvalue weighted by Gasteiger charge is -2.18. The first kappa shape index (κ1) is 18.9. The van der Waals surface area contributed by atoms with E-state index in [1.54, 1.807) is 30.6 Å². The molecule has 7 nitrogen and oxygen atoms in total. The quantitative estimate of drug-likeness (QED) is 0.695. The molecular weight excluding hydrogens is 373 g/mol. The highest BCUT2D eigenvalue weighted by molar-refractivity contribution is 6.31. The van der Waals surface area contributed by atoms with Crippen molar-refractivity contribution in [3.8, 4) is 5.75 Å². The molecule has 1 aromatic carbocycles. The lowest BCUT2D eigenvalue weighted by Crippen LogP contribution is -2.19. The van der Waals surface area contributed by atoms with Gasteiger partial charge < -0.3 is 16.2 Å². The molecule has 0 aliphatic heterocycles. The molecule has 0 bridgehead atoms. The fraction of sp³-hybridized carbons (Fsp3) is 0.278. The van der Waals surface area contributed by atoms with Crippen molar-refractivity contribution in [2.75, 3.05) is 5.73 Å². The Kier molecular flexibility index (Phi) is 4.93. The number of aromatic nitrogens is 3. The van der Waals surface area contributed by atoms with E-state index < -0.39 is 11.7 Å². The minimum absolute atomic E-state index is 0.0656. The number of hydrogen-bond donors (Lipinski definition) is 2. The summed E-state index contributed by atoms with van der Waals surface area (Å²) in [6.45, 7) is 5.35. The number of nitrogens with zero attached hydrogens (tertiary/aromatic N) is 3. The van der Waals surface area contributed by atoms with E-state index in [1.165, 1.54) is 6.07 Å². The number of benzene rings is 1. The van der Waals surface area contributed by atoms with Crippen LogP contribution in [-0.2, 0) is 6.42 Å². The molecule has 0 unspecified atom stereocenters. The second-order valence-corrected chi connectivity index (χ2v) is 6.79. The molecule has 142 valence electrons. The number of carbonyl (C=O) groups excluding carboxylic acids is 1. The van der Waals surface area contributed by atoms with E-state index >= 15 is 0 Å². The van der Waals surface area contributed by atoms with Crippen LogP contribution < -0.4 is 16.2 Å². The van der Waals surface area contributed by atoms with E-state index in [-0.39, 0.29) is 28.9 Å². The minimum atomic E-state index is -0.954. The van der Waals surface area contributed by atoms with E-state index in [4.69, 9.17) is 27.8 Å². The van der Waals surface area contributed by atoms with Crippen LogP contribution in [0.2, 0.25) is 5.02 Å². The number of aryl methyl sites for hydroxylation is 1. The lowest BCUT2D eigenvalue weighted by molar-refractivity contribution is 0.0990. The van der Waals surface area contributed by atoms with Gasteiger partial charge in [0.1, 0.15) is 28.5 Å². The number of amides is 1. The van der Waals surface area contributed by atoms with E-state index in [2.05, 4.69) is 9.97 Å². The fourth-order valence-electron chi connectivity index (χ4n) is 2.99. The Bertz CT molecular complexity index is 1050. The summed E-state index contributed by atoms with van der Waals surface area (Å²) in [4.78, 5) is 20.4. The van der Waals surface area contributed by atoms with Gasteiger partial charge in [0.15, 0.2) is 5.82 Å². The average molecular weight is 392 g/mol. The highest BCUT2D eigenvalue weighted by Crippen LogP contribution is 2.34. The van der Waals surface area contributed by atoms with Gasteiger partial charge in [-0.1, -0.05) is 11.6 Å². The van der Waals surface area contributed by atoms with E-state index in [9.17, 15) is 9.18 Å². The van der Waals surface area contributed by atoms with Gasteiger partial charge in [-0.15, -0.1) is 0 Å². The molecule has 0 aliphatic rings. The van der Waals surface area contributed by atoms with Crippen LogP contribution in [0.5, 0.6) is 5.75 Å². The molecule has 2 heterocycles. The summed E-state index contributed by atoms with van der Waals surface area (Å²) in [6, 6.07) is 1.42. The third-order valence-electron chi connectivity index (χ3n) is 4.03. The maximum absolute atomic E-state index is 14.4.